The van der Waals surface area contributed by atoms with Gasteiger partial charge in [0, 0.05) is 0 Å². The van der Waals surface area contributed by atoms with E-state index in [0.717, 1.165) is 12.8 Å². The molecule has 0 atom stereocenters. The minimum atomic E-state index is -0.392. The first-order valence-electron chi connectivity index (χ1n) is 4.74. The highest BCUT2D eigenvalue weighted by atomic mass is 16.5. The fourth-order valence-corrected chi connectivity index (χ4v) is 1.35. The van der Waals surface area contributed by atoms with E-state index in [1.165, 1.54) is 6.20 Å². The van der Waals surface area contributed by atoms with Gasteiger partial charge in [0.1, 0.15) is 11.4 Å². The molecule has 1 fully saturated rings. The van der Waals surface area contributed by atoms with Crippen molar-refractivity contribution < 1.29 is 9.53 Å². The van der Waals surface area contributed by atoms with Crippen molar-refractivity contribution in [2.45, 2.75) is 25.8 Å². The summed E-state index contributed by atoms with van der Waals surface area (Å²) in [6, 6.07) is 0.387. The van der Waals surface area contributed by atoms with Gasteiger partial charge in [-0.05, 0) is 19.8 Å². The van der Waals surface area contributed by atoms with Crippen LogP contribution in [0.1, 0.15) is 36.2 Å². The number of aromatic nitrogens is 2. The zero-order chi connectivity index (χ0) is 10.1. The van der Waals surface area contributed by atoms with Crippen LogP contribution in [-0.4, -0.2) is 22.4 Å². The van der Waals surface area contributed by atoms with E-state index < -0.39 is 5.97 Å². The van der Waals surface area contributed by atoms with Gasteiger partial charge in [0.25, 0.3) is 0 Å². The first-order valence-corrected chi connectivity index (χ1v) is 4.74. The van der Waals surface area contributed by atoms with Gasteiger partial charge in [0.2, 0.25) is 0 Å². The molecule has 0 spiro atoms. The Balaban J connectivity index is 2.21. The number of nitrogens with zero attached hydrogens (tertiary/aromatic N) is 2. The summed E-state index contributed by atoms with van der Waals surface area (Å²) < 4.78 is 6.55. The quantitative estimate of drug-likeness (QED) is 0.730. The van der Waals surface area contributed by atoms with Gasteiger partial charge < -0.3 is 10.5 Å². The van der Waals surface area contributed by atoms with Crippen molar-refractivity contribution >= 4 is 11.8 Å². The maximum Gasteiger partial charge on any atom is 0.343 e. The first kappa shape index (κ1) is 9.05. The van der Waals surface area contributed by atoms with Crippen molar-refractivity contribution in [2.75, 3.05) is 12.3 Å². The van der Waals surface area contributed by atoms with Crippen LogP contribution >= 0.6 is 0 Å². The van der Waals surface area contributed by atoms with Gasteiger partial charge in [0.05, 0.1) is 18.8 Å². The van der Waals surface area contributed by atoms with Crippen molar-refractivity contribution in [3.05, 3.63) is 11.8 Å². The van der Waals surface area contributed by atoms with E-state index in [-0.39, 0.29) is 0 Å². The van der Waals surface area contributed by atoms with Crippen LogP contribution in [-0.2, 0) is 4.74 Å². The molecule has 0 saturated heterocycles. The topological polar surface area (TPSA) is 70.1 Å². The molecular weight excluding hydrogens is 182 g/mol. The minimum Gasteiger partial charge on any atom is -0.462 e. The summed E-state index contributed by atoms with van der Waals surface area (Å²) in [7, 11) is 0. The summed E-state index contributed by atoms with van der Waals surface area (Å²) in [4.78, 5) is 11.4. The van der Waals surface area contributed by atoms with Crippen molar-refractivity contribution in [3.8, 4) is 0 Å². The van der Waals surface area contributed by atoms with Crippen LogP contribution in [0.2, 0.25) is 0 Å². The Labute approximate surface area is 81.8 Å². The van der Waals surface area contributed by atoms with Crippen molar-refractivity contribution in [2.24, 2.45) is 0 Å². The number of rotatable bonds is 3. The second-order valence-electron chi connectivity index (χ2n) is 3.34. The fraction of sp³-hybridized carbons (Fsp3) is 0.556. The van der Waals surface area contributed by atoms with E-state index in [1.807, 2.05) is 0 Å². The molecule has 1 aliphatic rings. The normalized spacial score (nSPS) is 15.5. The SMILES string of the molecule is CCOC(=O)c1cnn(C2CC2)c1N. The molecular formula is C9H13N3O2. The highest BCUT2D eigenvalue weighted by Crippen LogP contribution is 2.36. The average Bonchev–Trinajstić information content (AvgIpc) is 2.91. The van der Waals surface area contributed by atoms with Crippen LogP contribution in [0.4, 0.5) is 5.82 Å². The zero-order valence-electron chi connectivity index (χ0n) is 8.06. The second-order valence-corrected chi connectivity index (χ2v) is 3.34. The van der Waals surface area contributed by atoms with E-state index in [0.29, 0.717) is 24.0 Å². The Bertz CT molecular complexity index is 355. The molecule has 2 rings (SSSR count). The summed E-state index contributed by atoms with van der Waals surface area (Å²) in [5, 5.41) is 4.07. The van der Waals surface area contributed by atoms with Crippen LogP contribution < -0.4 is 5.73 Å². The lowest BCUT2D eigenvalue weighted by Crippen LogP contribution is -2.09. The fourth-order valence-electron chi connectivity index (χ4n) is 1.35. The Kier molecular flexibility index (Phi) is 2.15. The summed E-state index contributed by atoms with van der Waals surface area (Å²) >= 11 is 0. The van der Waals surface area contributed by atoms with Crippen LogP contribution in [0.3, 0.4) is 0 Å². The molecule has 1 saturated carbocycles. The summed E-state index contributed by atoms with van der Waals surface area (Å²) in [5.74, 6) is 0.0304. The smallest absolute Gasteiger partial charge is 0.343 e. The maximum atomic E-state index is 11.4. The van der Waals surface area contributed by atoms with Gasteiger partial charge in [0.15, 0.2) is 0 Å². The lowest BCUT2D eigenvalue weighted by molar-refractivity contribution is 0.0527. The molecule has 76 valence electrons. The Morgan fingerprint density at radius 1 is 1.79 bits per heavy atom. The Hall–Kier alpha value is -1.52. The van der Waals surface area contributed by atoms with Gasteiger partial charge in [-0.15, -0.1) is 0 Å². The molecule has 0 amide bonds. The lowest BCUT2D eigenvalue weighted by atomic mass is 10.3. The molecule has 1 aromatic heterocycles. The van der Waals surface area contributed by atoms with Gasteiger partial charge in [-0.3, -0.25) is 0 Å². The average molecular weight is 195 g/mol. The van der Waals surface area contributed by atoms with E-state index in [9.17, 15) is 4.79 Å². The monoisotopic (exact) mass is 195 g/mol. The van der Waals surface area contributed by atoms with Gasteiger partial charge in [-0.1, -0.05) is 0 Å². The number of nitrogen functional groups attached to an aromatic ring is 1. The van der Waals surface area contributed by atoms with Gasteiger partial charge in [-0.25, -0.2) is 9.48 Å². The number of esters is 1. The van der Waals surface area contributed by atoms with Crippen LogP contribution in [0.15, 0.2) is 6.20 Å². The van der Waals surface area contributed by atoms with Crippen molar-refractivity contribution in [3.63, 3.8) is 0 Å². The predicted molar refractivity (Wildman–Crippen MR) is 50.9 cm³/mol. The second kappa shape index (κ2) is 3.32. The number of carbonyl (C=O) groups excluding carboxylic acids is 1. The highest BCUT2D eigenvalue weighted by molar-refractivity contribution is 5.94. The molecule has 14 heavy (non-hydrogen) atoms. The van der Waals surface area contributed by atoms with Crippen LogP contribution in [0.25, 0.3) is 0 Å². The van der Waals surface area contributed by atoms with Crippen molar-refractivity contribution in [1.82, 2.24) is 9.78 Å². The molecule has 1 aromatic rings. The molecule has 1 aliphatic carbocycles. The number of carbonyl (C=O) groups is 1. The third-order valence-electron chi connectivity index (χ3n) is 2.22. The van der Waals surface area contributed by atoms with Gasteiger partial charge >= 0.3 is 5.97 Å². The molecule has 0 radical (unpaired) electrons. The summed E-state index contributed by atoms with van der Waals surface area (Å²) in [6.07, 6.45) is 3.66. The third-order valence-corrected chi connectivity index (χ3v) is 2.22. The molecule has 2 N–H and O–H groups in total. The summed E-state index contributed by atoms with van der Waals surface area (Å²) in [6.45, 7) is 2.12. The molecule has 5 nitrogen and oxygen atoms in total. The Morgan fingerprint density at radius 2 is 2.50 bits per heavy atom. The number of nitrogens with two attached hydrogens (primary N) is 1. The molecule has 1 heterocycles. The van der Waals surface area contributed by atoms with E-state index in [2.05, 4.69) is 5.10 Å². The molecule has 5 heteroatoms. The highest BCUT2D eigenvalue weighted by Gasteiger charge is 2.28. The van der Waals surface area contributed by atoms with E-state index in [4.69, 9.17) is 10.5 Å². The molecule has 0 unspecified atom stereocenters. The number of hydrogen-bond acceptors (Lipinski definition) is 4. The van der Waals surface area contributed by atoms with Gasteiger partial charge in [-0.2, -0.15) is 5.10 Å². The molecule has 0 aromatic carbocycles. The molecule has 0 aliphatic heterocycles. The van der Waals surface area contributed by atoms with Crippen molar-refractivity contribution in [1.29, 1.82) is 0 Å². The van der Waals surface area contributed by atoms with Crippen LogP contribution in [0.5, 0.6) is 0 Å². The Morgan fingerprint density at radius 3 is 3.07 bits per heavy atom. The number of anilines is 1. The minimum absolute atomic E-state index is 0.354. The predicted octanol–water partition coefficient (Wildman–Crippen LogP) is 0.977. The standard InChI is InChI=1S/C9H13N3O2/c1-2-14-9(13)7-5-11-12(8(7)10)6-3-4-6/h5-6H,2-4,10H2,1H3. The lowest BCUT2D eigenvalue weighted by Gasteiger charge is -2.02. The summed E-state index contributed by atoms with van der Waals surface area (Å²) in [5.41, 5.74) is 6.15. The molecule has 0 bridgehead atoms. The largest absolute Gasteiger partial charge is 0.462 e. The van der Waals surface area contributed by atoms with E-state index in [1.54, 1.807) is 11.6 Å². The van der Waals surface area contributed by atoms with Crippen LogP contribution in [0, 0.1) is 0 Å². The zero-order valence-corrected chi connectivity index (χ0v) is 8.06. The third kappa shape index (κ3) is 1.45. The first-order chi connectivity index (χ1) is 6.74. The number of ether oxygens (including phenoxy) is 1. The number of hydrogen-bond donors (Lipinski definition) is 1. The maximum absolute atomic E-state index is 11.4. The van der Waals surface area contributed by atoms with E-state index >= 15 is 0 Å².